The molecule has 1 saturated heterocycles. The van der Waals surface area contributed by atoms with Crippen molar-refractivity contribution in [1.82, 2.24) is 9.88 Å². The van der Waals surface area contributed by atoms with Gasteiger partial charge in [-0.1, -0.05) is 30.3 Å². The summed E-state index contributed by atoms with van der Waals surface area (Å²) in [5, 5.41) is 1.23. The number of methoxy groups -OCH3 is 1. The Morgan fingerprint density at radius 1 is 1.15 bits per heavy atom. The summed E-state index contributed by atoms with van der Waals surface area (Å²) in [6, 6.07) is 16.3. The lowest BCUT2D eigenvalue weighted by Gasteiger charge is -2.44. The van der Waals surface area contributed by atoms with Crippen LogP contribution in [0.1, 0.15) is 22.9 Å². The molecule has 2 aliphatic rings. The minimum Gasteiger partial charge on any atom is -0.497 e. The molecule has 3 heterocycles. The van der Waals surface area contributed by atoms with Gasteiger partial charge in [-0.2, -0.15) is 0 Å². The SMILES string of the molecule is COc1ccc([C@H]2c3[nH]c4ccccc4c3C[C@@H]3COCC(=O)N32)cc1. The summed E-state index contributed by atoms with van der Waals surface area (Å²) in [7, 11) is 1.66. The van der Waals surface area contributed by atoms with E-state index in [1.165, 1.54) is 10.9 Å². The highest BCUT2D eigenvalue weighted by atomic mass is 16.5. The standard InChI is InChI=1S/C21H20N2O3/c1-25-15-8-6-13(7-9-15)21-20-17(16-4-2-3-5-18(16)22-20)10-14-11-26-12-19(24)23(14)21/h2-9,14,21-22H,10-12H2,1H3/t14-,21+/m1/s1. The number of H-pyrrole nitrogens is 1. The number of aromatic amines is 1. The maximum atomic E-state index is 12.7. The molecule has 0 spiro atoms. The van der Waals surface area contributed by atoms with Crippen molar-refractivity contribution in [2.45, 2.75) is 18.5 Å². The highest BCUT2D eigenvalue weighted by Gasteiger charge is 2.42. The fourth-order valence-corrected chi connectivity index (χ4v) is 4.32. The van der Waals surface area contributed by atoms with Crippen molar-refractivity contribution in [3.63, 3.8) is 0 Å². The van der Waals surface area contributed by atoms with E-state index in [0.29, 0.717) is 6.61 Å². The first-order valence-electron chi connectivity index (χ1n) is 8.88. The molecule has 1 amide bonds. The number of morpholine rings is 1. The third kappa shape index (κ3) is 2.24. The van der Waals surface area contributed by atoms with Crippen LogP contribution in [0.3, 0.4) is 0 Å². The number of amides is 1. The number of rotatable bonds is 2. The van der Waals surface area contributed by atoms with Crippen LogP contribution in [0.5, 0.6) is 5.75 Å². The number of ether oxygens (including phenoxy) is 2. The Bertz CT molecular complexity index is 977. The quantitative estimate of drug-likeness (QED) is 0.774. The number of nitrogens with zero attached hydrogens (tertiary/aromatic N) is 1. The molecule has 5 nitrogen and oxygen atoms in total. The van der Waals surface area contributed by atoms with E-state index in [9.17, 15) is 4.79 Å². The van der Waals surface area contributed by atoms with Crippen molar-refractivity contribution in [3.05, 3.63) is 65.4 Å². The van der Waals surface area contributed by atoms with E-state index in [4.69, 9.17) is 9.47 Å². The molecule has 1 N–H and O–H groups in total. The fourth-order valence-electron chi connectivity index (χ4n) is 4.32. The molecule has 2 aliphatic heterocycles. The molecular formula is C21H20N2O3. The monoisotopic (exact) mass is 348 g/mol. The highest BCUT2D eigenvalue weighted by molar-refractivity contribution is 5.87. The van der Waals surface area contributed by atoms with Crippen LogP contribution in [0.15, 0.2) is 48.5 Å². The van der Waals surface area contributed by atoms with Gasteiger partial charge in [0, 0.05) is 16.6 Å². The fraction of sp³-hybridized carbons (Fsp3) is 0.286. The first-order chi connectivity index (χ1) is 12.8. The summed E-state index contributed by atoms with van der Waals surface area (Å²) in [6.07, 6.45) is 0.817. The molecule has 2 atom stereocenters. The summed E-state index contributed by atoms with van der Waals surface area (Å²) in [6.45, 7) is 0.732. The summed E-state index contributed by atoms with van der Waals surface area (Å²) in [5.74, 6) is 0.859. The summed E-state index contributed by atoms with van der Waals surface area (Å²) >= 11 is 0. The maximum Gasteiger partial charge on any atom is 0.249 e. The van der Waals surface area contributed by atoms with Crippen molar-refractivity contribution in [2.24, 2.45) is 0 Å². The Kier molecular flexibility index (Phi) is 3.50. The minimum absolute atomic E-state index is 0.0476. The van der Waals surface area contributed by atoms with Gasteiger partial charge in [-0.05, 0) is 35.7 Å². The van der Waals surface area contributed by atoms with E-state index in [1.807, 2.05) is 35.2 Å². The number of carbonyl (C=O) groups excluding carboxylic acids is 1. The van der Waals surface area contributed by atoms with Crippen molar-refractivity contribution in [2.75, 3.05) is 20.3 Å². The van der Waals surface area contributed by atoms with Gasteiger partial charge in [-0.15, -0.1) is 0 Å². The van der Waals surface area contributed by atoms with Gasteiger partial charge in [0.25, 0.3) is 0 Å². The number of hydrogen-bond acceptors (Lipinski definition) is 3. The molecule has 0 aliphatic carbocycles. The van der Waals surface area contributed by atoms with Crippen molar-refractivity contribution in [3.8, 4) is 5.75 Å². The zero-order valence-corrected chi connectivity index (χ0v) is 14.6. The lowest BCUT2D eigenvalue weighted by molar-refractivity contribution is -0.151. The van der Waals surface area contributed by atoms with Crippen LogP contribution in [-0.2, 0) is 16.0 Å². The predicted octanol–water partition coefficient (Wildman–Crippen LogP) is 3.05. The van der Waals surface area contributed by atoms with Gasteiger partial charge in [-0.25, -0.2) is 0 Å². The van der Waals surface area contributed by atoms with E-state index in [-0.39, 0.29) is 24.6 Å². The second-order valence-corrected chi connectivity index (χ2v) is 6.91. The van der Waals surface area contributed by atoms with Gasteiger partial charge >= 0.3 is 0 Å². The number of carbonyl (C=O) groups is 1. The van der Waals surface area contributed by atoms with Crippen LogP contribution in [0.4, 0.5) is 0 Å². The lowest BCUT2D eigenvalue weighted by atomic mass is 9.87. The number of hydrogen-bond donors (Lipinski definition) is 1. The Morgan fingerprint density at radius 3 is 2.77 bits per heavy atom. The molecule has 26 heavy (non-hydrogen) atoms. The van der Waals surface area contributed by atoms with E-state index in [2.05, 4.69) is 23.2 Å². The Labute approximate surface area is 151 Å². The van der Waals surface area contributed by atoms with Gasteiger partial charge < -0.3 is 19.4 Å². The van der Waals surface area contributed by atoms with Gasteiger partial charge in [0.1, 0.15) is 12.4 Å². The van der Waals surface area contributed by atoms with Gasteiger partial charge in [0.2, 0.25) is 5.91 Å². The molecule has 1 fully saturated rings. The number of aromatic nitrogens is 1. The minimum atomic E-state index is -0.126. The number of benzene rings is 2. The largest absolute Gasteiger partial charge is 0.497 e. The van der Waals surface area contributed by atoms with Gasteiger partial charge in [0.15, 0.2) is 0 Å². The number of para-hydroxylation sites is 1. The lowest BCUT2D eigenvalue weighted by Crippen LogP contribution is -2.54. The van der Waals surface area contributed by atoms with Crippen molar-refractivity contribution >= 4 is 16.8 Å². The van der Waals surface area contributed by atoms with Crippen LogP contribution < -0.4 is 4.74 Å². The maximum absolute atomic E-state index is 12.7. The Balaban J connectivity index is 1.71. The van der Waals surface area contributed by atoms with Gasteiger partial charge in [0.05, 0.1) is 25.8 Å². The second kappa shape index (κ2) is 5.88. The summed E-state index contributed by atoms with van der Waals surface area (Å²) in [4.78, 5) is 18.3. The molecule has 2 aromatic carbocycles. The van der Waals surface area contributed by atoms with Crippen LogP contribution in [-0.4, -0.2) is 42.2 Å². The van der Waals surface area contributed by atoms with Crippen LogP contribution in [0.25, 0.3) is 10.9 Å². The molecule has 3 aromatic rings. The number of nitrogens with one attached hydrogen (secondary N) is 1. The molecule has 0 saturated carbocycles. The molecule has 5 rings (SSSR count). The third-order valence-electron chi connectivity index (χ3n) is 5.49. The van der Waals surface area contributed by atoms with Crippen LogP contribution in [0, 0.1) is 0 Å². The van der Waals surface area contributed by atoms with Crippen molar-refractivity contribution < 1.29 is 14.3 Å². The molecule has 5 heteroatoms. The topological polar surface area (TPSA) is 54.6 Å². The first kappa shape index (κ1) is 15.5. The molecule has 132 valence electrons. The zero-order chi connectivity index (χ0) is 17.7. The average molecular weight is 348 g/mol. The Hall–Kier alpha value is -2.79. The van der Waals surface area contributed by atoms with Crippen molar-refractivity contribution in [1.29, 1.82) is 0 Å². The molecule has 0 unspecified atom stereocenters. The first-order valence-corrected chi connectivity index (χ1v) is 8.88. The van der Waals surface area contributed by atoms with E-state index in [1.54, 1.807) is 7.11 Å². The summed E-state index contributed by atoms with van der Waals surface area (Å²) < 4.78 is 10.8. The average Bonchev–Trinajstić information content (AvgIpc) is 3.05. The molecule has 1 aromatic heterocycles. The van der Waals surface area contributed by atoms with E-state index in [0.717, 1.165) is 28.9 Å². The smallest absolute Gasteiger partial charge is 0.249 e. The molecule has 0 radical (unpaired) electrons. The van der Waals surface area contributed by atoms with Crippen LogP contribution in [0.2, 0.25) is 0 Å². The van der Waals surface area contributed by atoms with Gasteiger partial charge in [-0.3, -0.25) is 4.79 Å². The number of fused-ring (bicyclic) bond motifs is 4. The third-order valence-corrected chi connectivity index (χ3v) is 5.49. The van der Waals surface area contributed by atoms with E-state index < -0.39 is 0 Å². The van der Waals surface area contributed by atoms with Crippen LogP contribution >= 0.6 is 0 Å². The predicted molar refractivity (Wildman–Crippen MR) is 98.3 cm³/mol. The normalized spacial score (nSPS) is 22.2. The highest BCUT2D eigenvalue weighted by Crippen LogP contribution is 2.42. The Morgan fingerprint density at radius 2 is 1.96 bits per heavy atom. The summed E-state index contributed by atoms with van der Waals surface area (Å²) in [5.41, 5.74) is 4.60. The molecule has 0 bridgehead atoms. The zero-order valence-electron chi connectivity index (χ0n) is 14.6. The molecular weight excluding hydrogens is 328 g/mol. The second-order valence-electron chi connectivity index (χ2n) is 6.91. The van der Waals surface area contributed by atoms with E-state index >= 15 is 0 Å².